The molecule has 19 nitrogen and oxygen atoms in total. The van der Waals surface area contributed by atoms with Gasteiger partial charge in [0.15, 0.2) is 34.2 Å². The first-order chi connectivity index (χ1) is 21.2. The molecule has 11 N–H and O–H groups in total. The molecule has 22 heteroatoms. The molecule has 6 heterocycles. The van der Waals surface area contributed by atoms with Crippen LogP contribution in [0.2, 0.25) is 0 Å². The Morgan fingerprint density at radius 3 is 2.16 bits per heavy atom. The minimum Gasteiger partial charge on any atom is -0.394 e. The largest absolute Gasteiger partial charge is 0.419 e. The lowest BCUT2D eigenvalue weighted by Gasteiger charge is -2.39. The summed E-state index contributed by atoms with van der Waals surface area (Å²) in [6.45, 7) is -0.538. The first-order valence-electron chi connectivity index (χ1n) is 13.5. The van der Waals surface area contributed by atoms with Gasteiger partial charge in [0.05, 0.1) is 37.5 Å². The van der Waals surface area contributed by atoms with Crippen molar-refractivity contribution >= 4 is 34.2 Å². The van der Waals surface area contributed by atoms with E-state index in [2.05, 4.69) is 40.5 Å². The number of fused-ring (bicyclic) bond motifs is 2. The number of nitrogens with two attached hydrogens (primary N) is 2. The summed E-state index contributed by atoms with van der Waals surface area (Å²) in [5.74, 6) is -0.451. The molecule has 2 aliphatic rings. The highest BCUT2D eigenvalue weighted by molar-refractivity contribution is 5.71. The van der Waals surface area contributed by atoms with Crippen LogP contribution in [0.3, 0.4) is 0 Å². The number of rotatable bonds is 8. The number of ether oxygens (including phenoxy) is 2. The van der Waals surface area contributed by atoms with E-state index in [1.165, 1.54) is 10.9 Å². The van der Waals surface area contributed by atoms with Gasteiger partial charge in [-0.1, -0.05) is 0 Å². The Morgan fingerprint density at radius 2 is 1.58 bits per heavy atom. The highest BCUT2D eigenvalue weighted by atomic mass is 19.4. The van der Waals surface area contributed by atoms with Gasteiger partial charge in [-0.15, -0.1) is 0 Å². The highest BCUT2D eigenvalue weighted by Crippen LogP contribution is 2.36. The summed E-state index contributed by atoms with van der Waals surface area (Å²) in [4.78, 5) is 44.8. The number of H-pyrrole nitrogens is 2. The number of hydrogen-bond acceptors (Lipinski definition) is 15. The average molecular weight is 643 g/mol. The number of nitrogen functional groups attached to an aromatic ring is 2. The van der Waals surface area contributed by atoms with Gasteiger partial charge >= 0.3 is 6.18 Å². The van der Waals surface area contributed by atoms with Crippen LogP contribution in [-0.2, 0) is 9.47 Å². The van der Waals surface area contributed by atoms with E-state index in [0.29, 0.717) is 0 Å². The predicted octanol–water partition coefficient (Wildman–Crippen LogP) is -2.86. The summed E-state index contributed by atoms with van der Waals surface area (Å²) in [7, 11) is 0. The SMILES string of the molecule is CC(NC[C@H]1O[C@@H](n2cnc3c(=O)[nH]c(N)nc32)C[C@@H]1O)(N[C@H]1[C@@H](O)[C@H](n2cnc3c(=O)[nH]c(N)nc32)O[C@@H]1CO)C(F)(F)F. The molecule has 0 radical (unpaired) electrons. The number of aliphatic hydroxyl groups is 3. The number of nitrogens with one attached hydrogen (secondary N) is 4. The van der Waals surface area contributed by atoms with Gasteiger partial charge in [0.2, 0.25) is 11.9 Å². The number of aromatic amines is 2. The Balaban J connectivity index is 1.20. The van der Waals surface area contributed by atoms with E-state index in [9.17, 15) is 38.1 Å². The molecule has 0 bridgehead atoms. The monoisotopic (exact) mass is 642 g/mol. The van der Waals surface area contributed by atoms with Crippen molar-refractivity contribution in [3.63, 3.8) is 0 Å². The maximum Gasteiger partial charge on any atom is 0.419 e. The predicted molar refractivity (Wildman–Crippen MR) is 146 cm³/mol. The third-order valence-corrected chi connectivity index (χ3v) is 7.92. The van der Waals surface area contributed by atoms with E-state index in [-0.39, 0.29) is 40.6 Å². The number of hydrogen-bond donors (Lipinski definition) is 9. The number of imidazole rings is 2. The van der Waals surface area contributed by atoms with Gasteiger partial charge < -0.3 is 36.3 Å². The van der Waals surface area contributed by atoms with Crippen molar-refractivity contribution in [2.24, 2.45) is 0 Å². The molecular weight excluding hydrogens is 613 g/mol. The van der Waals surface area contributed by atoms with Crippen LogP contribution in [0.25, 0.3) is 22.3 Å². The molecule has 4 aromatic heterocycles. The van der Waals surface area contributed by atoms with Crippen molar-refractivity contribution < 1.29 is 38.0 Å². The Bertz CT molecular complexity index is 1840. The van der Waals surface area contributed by atoms with Gasteiger partial charge in [-0.25, -0.2) is 9.97 Å². The molecule has 1 unspecified atom stereocenters. The first kappa shape index (κ1) is 30.8. The van der Waals surface area contributed by atoms with Crippen LogP contribution < -0.4 is 33.2 Å². The fourth-order valence-corrected chi connectivity index (χ4v) is 5.53. The summed E-state index contributed by atoms with van der Waals surface area (Å²) in [5, 5.41) is 36.4. The molecule has 8 atom stereocenters. The molecular formula is C23H29F3N12O7. The zero-order valence-electron chi connectivity index (χ0n) is 23.3. The molecule has 0 spiro atoms. The number of anilines is 2. The van der Waals surface area contributed by atoms with Gasteiger partial charge in [-0.2, -0.15) is 23.1 Å². The lowest BCUT2D eigenvalue weighted by atomic mass is 10.0. The van der Waals surface area contributed by atoms with E-state index in [1.807, 2.05) is 0 Å². The number of halogens is 3. The van der Waals surface area contributed by atoms with Crippen LogP contribution in [-0.4, -0.2) is 110 Å². The summed E-state index contributed by atoms with van der Waals surface area (Å²) >= 11 is 0. The van der Waals surface area contributed by atoms with Crippen molar-refractivity contribution in [2.75, 3.05) is 24.6 Å². The van der Waals surface area contributed by atoms with Gasteiger partial charge in [-0.05, 0) is 6.92 Å². The van der Waals surface area contributed by atoms with Gasteiger partial charge in [0.25, 0.3) is 11.1 Å². The molecule has 45 heavy (non-hydrogen) atoms. The number of alkyl halides is 3. The molecule has 2 fully saturated rings. The molecule has 0 amide bonds. The number of aliphatic hydroxyl groups excluding tert-OH is 3. The zero-order valence-corrected chi connectivity index (χ0v) is 23.3. The van der Waals surface area contributed by atoms with Crippen molar-refractivity contribution in [1.82, 2.24) is 49.7 Å². The van der Waals surface area contributed by atoms with Crippen LogP contribution >= 0.6 is 0 Å². The van der Waals surface area contributed by atoms with E-state index in [0.717, 1.165) is 17.8 Å². The molecule has 244 valence electrons. The Hall–Kier alpha value is -4.19. The second kappa shape index (κ2) is 11.0. The molecule has 2 aliphatic heterocycles. The van der Waals surface area contributed by atoms with E-state index >= 15 is 0 Å². The topological polar surface area (TPSA) is 282 Å². The molecule has 6 rings (SSSR count). The van der Waals surface area contributed by atoms with Gasteiger partial charge in [0, 0.05) is 13.0 Å². The van der Waals surface area contributed by atoms with Crippen molar-refractivity contribution in [2.45, 2.75) is 68.1 Å². The number of aromatic nitrogens is 8. The molecule has 0 aromatic carbocycles. The standard InChI is InChI=1S/C23H29F3N12O7/c1-22(23(24,25)26,31-3-8-7(40)2-10(44-8)37-5-29-12-15(37)32-20(27)34-17(12)42)36-11-9(4-39)45-19(14(11)41)38-6-30-13-16(38)33-21(28)35-18(13)43/h5-11,14,19,31,36,39-41H,2-4H2,1H3,(H3,27,32,34,42)(H3,28,33,35,43)/t7-,8+,9+,10+,11+,14+,19+,22?/m0/s1. The van der Waals surface area contributed by atoms with E-state index < -0.39 is 79.0 Å². The molecule has 0 aliphatic carbocycles. The van der Waals surface area contributed by atoms with E-state index in [1.54, 1.807) is 0 Å². The third kappa shape index (κ3) is 5.28. The van der Waals surface area contributed by atoms with Crippen molar-refractivity contribution in [3.8, 4) is 0 Å². The fraction of sp³-hybridized carbons (Fsp3) is 0.565. The quantitative estimate of drug-likeness (QED) is 0.0874. The summed E-state index contributed by atoms with van der Waals surface area (Å²) in [5.41, 5.74) is 6.83. The van der Waals surface area contributed by atoms with Crippen molar-refractivity contribution in [3.05, 3.63) is 33.4 Å². The molecule has 0 saturated carbocycles. The van der Waals surface area contributed by atoms with Gasteiger partial charge in [-0.3, -0.25) is 39.3 Å². The van der Waals surface area contributed by atoms with Gasteiger partial charge in [0.1, 0.15) is 18.4 Å². The zero-order chi connectivity index (χ0) is 32.4. The molecule has 4 aromatic rings. The van der Waals surface area contributed by atoms with Crippen LogP contribution in [0, 0.1) is 0 Å². The van der Waals surface area contributed by atoms with E-state index in [4.69, 9.17) is 20.9 Å². The van der Waals surface area contributed by atoms with Crippen LogP contribution in [0.1, 0.15) is 25.8 Å². The Kier molecular flexibility index (Phi) is 7.54. The van der Waals surface area contributed by atoms with Crippen molar-refractivity contribution in [1.29, 1.82) is 0 Å². The smallest absolute Gasteiger partial charge is 0.394 e. The first-order valence-corrected chi connectivity index (χ1v) is 13.5. The summed E-state index contributed by atoms with van der Waals surface area (Å²) in [6, 6.07) is -1.51. The fourth-order valence-electron chi connectivity index (χ4n) is 5.53. The maximum absolute atomic E-state index is 14.5. The minimum absolute atomic E-state index is 0.0402. The highest BCUT2D eigenvalue weighted by Gasteiger charge is 2.56. The number of nitrogens with zero attached hydrogens (tertiary/aromatic N) is 6. The van der Waals surface area contributed by atoms with Crippen LogP contribution in [0.5, 0.6) is 0 Å². The lowest BCUT2D eigenvalue weighted by Crippen LogP contribution is -2.70. The average Bonchev–Trinajstić information content (AvgIpc) is 3.72. The third-order valence-electron chi connectivity index (χ3n) is 7.92. The summed E-state index contributed by atoms with van der Waals surface area (Å²) in [6.07, 6.45) is -10.5. The minimum atomic E-state index is -4.98. The van der Waals surface area contributed by atoms with Crippen LogP contribution in [0.15, 0.2) is 22.2 Å². The maximum atomic E-state index is 14.5. The second-order valence-corrected chi connectivity index (χ2v) is 10.9. The Labute approximate surface area is 248 Å². The summed E-state index contributed by atoms with van der Waals surface area (Å²) < 4.78 is 57.6. The normalized spacial score (nSPS) is 28.7. The second-order valence-electron chi connectivity index (χ2n) is 10.9. The Morgan fingerprint density at radius 1 is 1.00 bits per heavy atom. The lowest BCUT2D eigenvalue weighted by molar-refractivity contribution is -0.208. The molecule has 2 saturated heterocycles. The van der Waals surface area contributed by atoms with Crippen LogP contribution in [0.4, 0.5) is 25.1 Å².